The van der Waals surface area contributed by atoms with Crippen molar-refractivity contribution in [2.24, 2.45) is 0 Å². The molecule has 0 radical (unpaired) electrons. The zero-order valence-electron chi connectivity index (χ0n) is 12.4. The van der Waals surface area contributed by atoms with Crippen molar-refractivity contribution in [2.45, 2.75) is 19.4 Å². The van der Waals surface area contributed by atoms with E-state index in [1.54, 1.807) is 17.4 Å². The van der Waals surface area contributed by atoms with Crippen LogP contribution in [0.4, 0.5) is 0 Å². The fraction of sp³-hybridized carbons (Fsp3) is 0.571. The Kier molecular flexibility index (Phi) is 5.62. The summed E-state index contributed by atoms with van der Waals surface area (Å²) in [4.78, 5) is 0. The van der Waals surface area contributed by atoms with Crippen molar-refractivity contribution in [1.82, 2.24) is 13.9 Å². The van der Waals surface area contributed by atoms with Crippen LogP contribution in [-0.4, -0.2) is 50.3 Å². The van der Waals surface area contributed by atoms with E-state index in [2.05, 4.69) is 5.32 Å². The predicted molar refractivity (Wildman–Crippen MR) is 85.6 cm³/mol. The van der Waals surface area contributed by atoms with Crippen LogP contribution in [0.2, 0.25) is 5.02 Å². The van der Waals surface area contributed by atoms with Crippen molar-refractivity contribution in [1.29, 1.82) is 0 Å². The Hall–Kier alpha value is -0.660. The molecule has 0 spiro atoms. The molecule has 1 aliphatic heterocycles. The summed E-state index contributed by atoms with van der Waals surface area (Å²) in [5.41, 5.74) is 0.890. The third kappa shape index (κ3) is 3.96. The van der Waals surface area contributed by atoms with Crippen molar-refractivity contribution in [2.75, 3.05) is 33.2 Å². The molecule has 0 bridgehead atoms. The van der Waals surface area contributed by atoms with Crippen LogP contribution in [-0.2, 0) is 10.2 Å². The Morgan fingerprint density at radius 2 is 2.10 bits per heavy atom. The van der Waals surface area contributed by atoms with Crippen molar-refractivity contribution in [3.05, 3.63) is 34.9 Å². The molecule has 1 aliphatic rings. The monoisotopic (exact) mass is 331 g/mol. The smallest absolute Gasteiger partial charge is 0.282 e. The number of hydrogen-bond acceptors (Lipinski definition) is 3. The van der Waals surface area contributed by atoms with Gasteiger partial charge in [0.1, 0.15) is 0 Å². The lowest BCUT2D eigenvalue weighted by Gasteiger charge is -2.30. The van der Waals surface area contributed by atoms with E-state index in [9.17, 15) is 8.42 Å². The van der Waals surface area contributed by atoms with Gasteiger partial charge in [0.2, 0.25) is 0 Å². The minimum atomic E-state index is -3.46. The van der Waals surface area contributed by atoms with Gasteiger partial charge in [-0.2, -0.15) is 17.0 Å². The maximum absolute atomic E-state index is 12.7. The van der Waals surface area contributed by atoms with Crippen LogP contribution >= 0.6 is 11.6 Å². The summed E-state index contributed by atoms with van der Waals surface area (Å²) in [6.45, 7) is 4.49. The second-order valence-electron chi connectivity index (χ2n) is 5.26. The summed E-state index contributed by atoms with van der Waals surface area (Å²) in [7, 11) is -1.84. The summed E-state index contributed by atoms with van der Waals surface area (Å²) in [5.74, 6) is 0. The highest BCUT2D eigenvalue weighted by molar-refractivity contribution is 7.86. The molecule has 2 rings (SSSR count). The van der Waals surface area contributed by atoms with Crippen molar-refractivity contribution in [3.63, 3.8) is 0 Å². The number of halogens is 1. The largest absolute Gasteiger partial charge is 0.315 e. The molecule has 1 aromatic carbocycles. The third-order valence-electron chi connectivity index (χ3n) is 3.87. The molecule has 7 heteroatoms. The second kappa shape index (κ2) is 7.07. The molecule has 5 nitrogen and oxygen atoms in total. The fourth-order valence-electron chi connectivity index (χ4n) is 2.41. The van der Waals surface area contributed by atoms with Gasteiger partial charge in [0.15, 0.2) is 0 Å². The van der Waals surface area contributed by atoms with Crippen LogP contribution in [0.25, 0.3) is 0 Å². The molecule has 1 N–H and O–H groups in total. The fourth-order valence-corrected chi connectivity index (χ4v) is 4.18. The van der Waals surface area contributed by atoms with Crippen LogP contribution in [0.3, 0.4) is 0 Å². The van der Waals surface area contributed by atoms with E-state index in [1.807, 2.05) is 25.1 Å². The Balaban J connectivity index is 2.18. The zero-order chi connectivity index (χ0) is 15.5. The van der Waals surface area contributed by atoms with Crippen molar-refractivity contribution >= 4 is 21.8 Å². The first-order valence-electron chi connectivity index (χ1n) is 7.12. The normalized spacial score (nSPS) is 19.4. The summed E-state index contributed by atoms with van der Waals surface area (Å²) < 4.78 is 28.4. The molecular weight excluding hydrogens is 310 g/mol. The van der Waals surface area contributed by atoms with E-state index in [-0.39, 0.29) is 6.04 Å². The Morgan fingerprint density at radius 3 is 2.81 bits per heavy atom. The Morgan fingerprint density at radius 1 is 1.33 bits per heavy atom. The number of benzene rings is 1. The van der Waals surface area contributed by atoms with Gasteiger partial charge in [-0.3, -0.25) is 0 Å². The molecule has 1 saturated heterocycles. The maximum atomic E-state index is 12.7. The molecule has 1 heterocycles. The highest BCUT2D eigenvalue weighted by Crippen LogP contribution is 2.25. The van der Waals surface area contributed by atoms with Crippen LogP contribution < -0.4 is 5.32 Å². The summed E-state index contributed by atoms with van der Waals surface area (Å²) >= 11 is 5.99. The molecular formula is C14H22ClN3O2S. The minimum absolute atomic E-state index is 0.259. The topological polar surface area (TPSA) is 52.7 Å². The number of nitrogens with one attached hydrogen (secondary N) is 1. The molecule has 118 valence electrons. The highest BCUT2D eigenvalue weighted by atomic mass is 35.5. The molecule has 0 aromatic heterocycles. The van der Waals surface area contributed by atoms with Crippen LogP contribution in [0.15, 0.2) is 24.3 Å². The van der Waals surface area contributed by atoms with Gasteiger partial charge in [-0.1, -0.05) is 23.7 Å². The van der Waals surface area contributed by atoms with Crippen molar-refractivity contribution < 1.29 is 8.42 Å². The molecule has 1 fully saturated rings. The lowest BCUT2D eigenvalue weighted by Crippen LogP contribution is -2.44. The molecule has 1 unspecified atom stereocenters. The van der Waals surface area contributed by atoms with Crippen LogP contribution in [0.1, 0.15) is 24.9 Å². The number of hydrogen-bond donors (Lipinski definition) is 1. The second-order valence-corrected chi connectivity index (χ2v) is 7.68. The van der Waals surface area contributed by atoms with E-state index >= 15 is 0 Å². The molecule has 0 saturated carbocycles. The van der Waals surface area contributed by atoms with Gasteiger partial charge in [0.05, 0.1) is 0 Å². The lowest BCUT2D eigenvalue weighted by molar-refractivity contribution is 0.335. The molecule has 21 heavy (non-hydrogen) atoms. The third-order valence-corrected chi connectivity index (χ3v) is 6.16. The van der Waals surface area contributed by atoms with Gasteiger partial charge >= 0.3 is 0 Å². The Labute approximate surface area is 132 Å². The first-order chi connectivity index (χ1) is 9.93. The number of nitrogens with zero attached hydrogens (tertiary/aromatic N) is 2. The average molecular weight is 332 g/mol. The zero-order valence-corrected chi connectivity index (χ0v) is 14.0. The highest BCUT2D eigenvalue weighted by Gasteiger charge is 2.31. The van der Waals surface area contributed by atoms with Crippen LogP contribution in [0.5, 0.6) is 0 Å². The minimum Gasteiger partial charge on any atom is -0.315 e. The van der Waals surface area contributed by atoms with E-state index in [0.29, 0.717) is 24.7 Å². The summed E-state index contributed by atoms with van der Waals surface area (Å²) in [5, 5.41) is 3.83. The predicted octanol–water partition coefficient (Wildman–Crippen LogP) is 1.87. The lowest BCUT2D eigenvalue weighted by atomic mass is 10.1. The number of rotatable bonds is 4. The molecule has 0 aliphatic carbocycles. The van der Waals surface area contributed by atoms with Crippen molar-refractivity contribution in [3.8, 4) is 0 Å². The van der Waals surface area contributed by atoms with Gasteiger partial charge in [0.25, 0.3) is 10.2 Å². The molecule has 0 amide bonds. The van der Waals surface area contributed by atoms with Gasteiger partial charge in [-0.05, 0) is 37.6 Å². The molecule has 1 aromatic rings. The molecule has 1 atom stereocenters. The van der Waals surface area contributed by atoms with E-state index in [0.717, 1.165) is 18.5 Å². The summed E-state index contributed by atoms with van der Waals surface area (Å²) in [6, 6.07) is 7.07. The van der Waals surface area contributed by atoms with E-state index in [1.165, 1.54) is 4.31 Å². The quantitative estimate of drug-likeness (QED) is 0.916. The van der Waals surface area contributed by atoms with Gasteiger partial charge < -0.3 is 5.32 Å². The average Bonchev–Trinajstić information content (AvgIpc) is 2.75. The Bertz CT molecular complexity index is 571. The SMILES string of the molecule is CC(c1cccc(Cl)c1)N(C)S(=O)(=O)N1CCCNCC1. The first kappa shape index (κ1) is 16.7. The summed E-state index contributed by atoms with van der Waals surface area (Å²) in [6.07, 6.45) is 0.832. The van der Waals surface area contributed by atoms with Gasteiger partial charge in [-0.25, -0.2) is 0 Å². The standard InChI is InChI=1S/C14H22ClN3O2S/c1-12(13-5-3-6-14(15)11-13)17(2)21(19,20)18-9-4-7-16-8-10-18/h3,5-6,11-12,16H,4,7-10H2,1-2H3. The first-order valence-corrected chi connectivity index (χ1v) is 8.89. The van der Waals surface area contributed by atoms with Gasteiger partial charge in [-0.15, -0.1) is 0 Å². The van der Waals surface area contributed by atoms with E-state index in [4.69, 9.17) is 11.6 Å². The van der Waals surface area contributed by atoms with Crippen LogP contribution in [0, 0.1) is 0 Å². The van der Waals surface area contributed by atoms with Gasteiger partial charge in [0, 0.05) is 37.7 Å². The van der Waals surface area contributed by atoms with E-state index < -0.39 is 10.2 Å². The maximum Gasteiger partial charge on any atom is 0.282 e.